The summed E-state index contributed by atoms with van der Waals surface area (Å²) in [4.78, 5) is 27.7. The van der Waals surface area contributed by atoms with E-state index in [1.165, 1.54) is 18.0 Å². The van der Waals surface area contributed by atoms with Crippen LogP contribution < -0.4 is 10.2 Å². The fraction of sp³-hybridized carbons (Fsp3) is 0.542. The lowest BCUT2D eigenvalue weighted by atomic mass is 9.60. The SMILES string of the molecule is C[C@@H]1CN(c2ncc(F)cn2)C[C@H](C)N1C(=O)NC1CC2(C1)CN(Cc1ccccc1)C2. The van der Waals surface area contributed by atoms with Gasteiger partial charge >= 0.3 is 6.03 Å². The highest BCUT2D eigenvalue weighted by Crippen LogP contribution is 2.48. The highest BCUT2D eigenvalue weighted by molar-refractivity contribution is 5.76. The Morgan fingerprint density at radius 1 is 1.09 bits per heavy atom. The lowest BCUT2D eigenvalue weighted by Gasteiger charge is -2.59. The van der Waals surface area contributed by atoms with E-state index < -0.39 is 5.82 Å². The molecular formula is C24H31FN6O. The van der Waals surface area contributed by atoms with Gasteiger partial charge in [-0.3, -0.25) is 4.90 Å². The van der Waals surface area contributed by atoms with Crippen LogP contribution in [0.1, 0.15) is 32.3 Å². The van der Waals surface area contributed by atoms with Gasteiger partial charge in [0.2, 0.25) is 5.95 Å². The van der Waals surface area contributed by atoms with Gasteiger partial charge in [-0.25, -0.2) is 19.2 Å². The van der Waals surface area contributed by atoms with Crippen LogP contribution in [0.4, 0.5) is 15.1 Å². The van der Waals surface area contributed by atoms with Crippen molar-refractivity contribution in [2.45, 2.75) is 51.4 Å². The molecule has 0 radical (unpaired) electrons. The standard InChI is InChI=1S/C24H31FN6O/c1-17-12-30(22-26-10-20(25)11-27-22)13-18(2)31(17)23(32)28-21-8-24(9-21)15-29(16-24)14-19-6-4-3-5-7-19/h3-7,10-11,17-18,21H,8-9,12-16H2,1-2H3,(H,28,32)/t17-,18+. The second-order valence-electron chi connectivity index (χ2n) is 9.90. The van der Waals surface area contributed by atoms with E-state index in [0.717, 1.165) is 32.5 Å². The minimum atomic E-state index is -0.444. The van der Waals surface area contributed by atoms with Crippen molar-refractivity contribution in [1.29, 1.82) is 0 Å². The molecule has 1 N–H and O–H groups in total. The van der Waals surface area contributed by atoms with Gasteiger partial charge in [-0.2, -0.15) is 0 Å². The Hall–Kier alpha value is -2.74. The molecular weight excluding hydrogens is 407 g/mol. The molecule has 1 aromatic carbocycles. The third-order valence-corrected chi connectivity index (χ3v) is 7.10. The monoisotopic (exact) mass is 438 g/mol. The first-order chi connectivity index (χ1) is 15.4. The number of piperazine rings is 1. The number of rotatable bonds is 4. The molecule has 3 heterocycles. The van der Waals surface area contributed by atoms with Crippen LogP contribution in [0.5, 0.6) is 0 Å². The molecule has 5 rings (SSSR count). The number of nitrogens with one attached hydrogen (secondary N) is 1. The van der Waals surface area contributed by atoms with E-state index in [4.69, 9.17) is 0 Å². The molecule has 2 saturated heterocycles. The summed E-state index contributed by atoms with van der Waals surface area (Å²) in [5.74, 6) is 0.0666. The van der Waals surface area contributed by atoms with E-state index in [9.17, 15) is 9.18 Å². The van der Waals surface area contributed by atoms with Gasteiger partial charge in [0.15, 0.2) is 5.82 Å². The number of amides is 2. The topological polar surface area (TPSA) is 64.6 Å². The van der Waals surface area contributed by atoms with Crippen LogP contribution in [0.15, 0.2) is 42.7 Å². The summed E-state index contributed by atoms with van der Waals surface area (Å²) in [6, 6.07) is 10.9. The minimum Gasteiger partial charge on any atom is -0.337 e. The van der Waals surface area contributed by atoms with Crippen molar-refractivity contribution in [3.8, 4) is 0 Å². The quantitative estimate of drug-likeness (QED) is 0.795. The van der Waals surface area contributed by atoms with E-state index in [-0.39, 0.29) is 24.2 Å². The lowest BCUT2D eigenvalue weighted by molar-refractivity contribution is -0.0812. The van der Waals surface area contributed by atoms with Gasteiger partial charge in [0.25, 0.3) is 0 Å². The maximum absolute atomic E-state index is 13.1. The van der Waals surface area contributed by atoms with Gasteiger partial charge in [0.05, 0.1) is 12.4 Å². The Balaban J connectivity index is 1.09. The summed E-state index contributed by atoms with van der Waals surface area (Å²) in [7, 11) is 0. The highest BCUT2D eigenvalue weighted by atomic mass is 19.1. The average molecular weight is 439 g/mol. The Labute approximate surface area is 188 Å². The van der Waals surface area contributed by atoms with Crippen LogP contribution in [-0.2, 0) is 6.54 Å². The van der Waals surface area contributed by atoms with Crippen molar-refractivity contribution in [3.63, 3.8) is 0 Å². The highest BCUT2D eigenvalue weighted by Gasteiger charge is 2.52. The number of hydrogen-bond acceptors (Lipinski definition) is 5. The molecule has 170 valence electrons. The summed E-state index contributed by atoms with van der Waals surface area (Å²) in [5, 5.41) is 3.27. The third-order valence-electron chi connectivity index (χ3n) is 7.10. The van der Waals surface area contributed by atoms with Crippen LogP contribution in [0.3, 0.4) is 0 Å². The third kappa shape index (κ3) is 4.16. The minimum absolute atomic E-state index is 0.0185. The van der Waals surface area contributed by atoms with Gasteiger partial charge in [-0.15, -0.1) is 0 Å². The number of anilines is 1. The molecule has 3 aliphatic rings. The number of likely N-dealkylation sites (tertiary alicyclic amines) is 1. The lowest BCUT2D eigenvalue weighted by Crippen LogP contribution is -2.68. The van der Waals surface area contributed by atoms with Crippen molar-refractivity contribution >= 4 is 12.0 Å². The van der Waals surface area contributed by atoms with Gasteiger partial charge in [0, 0.05) is 50.8 Å². The van der Waals surface area contributed by atoms with Gasteiger partial charge < -0.3 is 15.1 Å². The van der Waals surface area contributed by atoms with Gasteiger partial charge in [-0.05, 0) is 37.7 Å². The average Bonchev–Trinajstić information content (AvgIpc) is 2.71. The molecule has 8 heteroatoms. The van der Waals surface area contributed by atoms with Crippen molar-refractivity contribution in [3.05, 3.63) is 54.1 Å². The molecule has 1 spiro atoms. The fourth-order valence-electron chi connectivity index (χ4n) is 5.81. The zero-order valence-corrected chi connectivity index (χ0v) is 18.7. The zero-order chi connectivity index (χ0) is 22.3. The van der Waals surface area contributed by atoms with E-state index in [0.29, 0.717) is 24.5 Å². The van der Waals surface area contributed by atoms with E-state index in [2.05, 4.69) is 50.5 Å². The van der Waals surface area contributed by atoms with Crippen molar-refractivity contribution in [1.82, 2.24) is 25.1 Å². The number of halogens is 1. The summed E-state index contributed by atoms with van der Waals surface area (Å²) in [6.07, 6.45) is 4.50. The number of carbonyl (C=O) groups excluding carboxylic acids is 1. The van der Waals surface area contributed by atoms with Crippen molar-refractivity contribution in [2.24, 2.45) is 5.41 Å². The largest absolute Gasteiger partial charge is 0.337 e. The number of aromatic nitrogens is 2. The zero-order valence-electron chi connectivity index (χ0n) is 18.7. The first kappa shape index (κ1) is 21.1. The number of urea groups is 1. The molecule has 1 aromatic heterocycles. The summed E-state index contributed by atoms with van der Waals surface area (Å²) in [6.45, 7) is 8.60. The molecule has 0 bridgehead atoms. The summed E-state index contributed by atoms with van der Waals surface area (Å²) < 4.78 is 13.1. The maximum atomic E-state index is 13.1. The second kappa shape index (κ2) is 8.31. The molecule has 2 aromatic rings. The van der Waals surface area contributed by atoms with E-state index in [1.54, 1.807) is 0 Å². The number of nitrogens with zero attached hydrogens (tertiary/aromatic N) is 5. The predicted octanol–water partition coefficient (Wildman–Crippen LogP) is 2.89. The summed E-state index contributed by atoms with van der Waals surface area (Å²) in [5.41, 5.74) is 1.75. The van der Waals surface area contributed by atoms with Crippen LogP contribution in [0.2, 0.25) is 0 Å². The first-order valence-corrected chi connectivity index (χ1v) is 11.5. The van der Waals surface area contributed by atoms with Gasteiger partial charge in [0.1, 0.15) is 0 Å². The molecule has 0 unspecified atom stereocenters. The summed E-state index contributed by atoms with van der Waals surface area (Å²) >= 11 is 0. The normalized spacial score (nSPS) is 25.3. The first-order valence-electron chi connectivity index (χ1n) is 11.5. The number of hydrogen-bond donors (Lipinski definition) is 1. The molecule has 2 aliphatic heterocycles. The molecule has 3 fully saturated rings. The van der Waals surface area contributed by atoms with Crippen molar-refractivity contribution in [2.75, 3.05) is 31.1 Å². The van der Waals surface area contributed by atoms with Gasteiger partial charge in [-0.1, -0.05) is 30.3 Å². The van der Waals surface area contributed by atoms with E-state index in [1.807, 2.05) is 23.6 Å². The fourth-order valence-corrected chi connectivity index (χ4v) is 5.81. The molecule has 1 saturated carbocycles. The maximum Gasteiger partial charge on any atom is 0.318 e. The Morgan fingerprint density at radius 3 is 2.34 bits per heavy atom. The van der Waals surface area contributed by atoms with Crippen LogP contribution >= 0.6 is 0 Å². The molecule has 1 aliphatic carbocycles. The number of benzene rings is 1. The Bertz CT molecular complexity index is 929. The Kier molecular flexibility index (Phi) is 5.49. The molecule has 2 atom stereocenters. The smallest absolute Gasteiger partial charge is 0.318 e. The van der Waals surface area contributed by atoms with Crippen LogP contribution in [0, 0.1) is 11.2 Å². The predicted molar refractivity (Wildman–Crippen MR) is 121 cm³/mol. The molecule has 7 nitrogen and oxygen atoms in total. The van der Waals surface area contributed by atoms with Crippen molar-refractivity contribution < 1.29 is 9.18 Å². The molecule has 32 heavy (non-hydrogen) atoms. The van der Waals surface area contributed by atoms with Crippen LogP contribution in [0.25, 0.3) is 0 Å². The van der Waals surface area contributed by atoms with E-state index >= 15 is 0 Å². The van der Waals surface area contributed by atoms with Crippen LogP contribution in [-0.4, -0.2) is 70.1 Å². The second-order valence-corrected chi connectivity index (χ2v) is 9.90. The molecule has 2 amide bonds. The Morgan fingerprint density at radius 2 is 1.72 bits per heavy atom. The number of carbonyl (C=O) groups is 1.